The first-order valence-electron chi connectivity index (χ1n) is 10.0. The van der Waals surface area contributed by atoms with E-state index in [4.69, 9.17) is 32.7 Å². The highest BCUT2D eigenvalue weighted by Gasteiger charge is 2.27. The number of nitro benzene ring substituents is 1. The summed E-state index contributed by atoms with van der Waals surface area (Å²) >= 11 is 12.1. The van der Waals surface area contributed by atoms with E-state index < -0.39 is 23.5 Å². The van der Waals surface area contributed by atoms with Crippen molar-refractivity contribution >= 4 is 40.7 Å². The Morgan fingerprint density at radius 1 is 1.12 bits per heavy atom. The van der Waals surface area contributed by atoms with Crippen LogP contribution < -0.4 is 14.8 Å². The number of benzene rings is 2. The molecule has 33 heavy (non-hydrogen) atoms. The van der Waals surface area contributed by atoms with Gasteiger partial charge < -0.3 is 19.7 Å². The average molecular weight is 498 g/mol. The second-order valence-corrected chi connectivity index (χ2v) is 8.30. The molecule has 2 rings (SSSR count). The smallest absolute Gasteiger partial charge is 0.311 e. The maximum absolute atomic E-state index is 13.1. The summed E-state index contributed by atoms with van der Waals surface area (Å²) < 4.78 is 10.6. The van der Waals surface area contributed by atoms with E-state index in [0.29, 0.717) is 15.6 Å². The average Bonchev–Trinajstić information content (AvgIpc) is 2.76. The van der Waals surface area contributed by atoms with E-state index >= 15 is 0 Å². The molecule has 0 spiro atoms. The van der Waals surface area contributed by atoms with Gasteiger partial charge in [0.15, 0.2) is 6.61 Å². The van der Waals surface area contributed by atoms with E-state index in [1.807, 2.05) is 13.8 Å². The highest BCUT2D eigenvalue weighted by Crippen LogP contribution is 2.31. The van der Waals surface area contributed by atoms with Gasteiger partial charge in [-0.1, -0.05) is 29.3 Å². The van der Waals surface area contributed by atoms with Crippen LogP contribution in [0.15, 0.2) is 36.4 Å². The zero-order valence-corrected chi connectivity index (χ0v) is 20.1. The number of nitrogens with zero attached hydrogens (tertiary/aromatic N) is 2. The maximum Gasteiger partial charge on any atom is 0.311 e. The van der Waals surface area contributed by atoms with Gasteiger partial charge in [-0.15, -0.1) is 0 Å². The van der Waals surface area contributed by atoms with Crippen molar-refractivity contribution in [2.45, 2.75) is 39.4 Å². The van der Waals surface area contributed by atoms with Gasteiger partial charge in [0.2, 0.25) is 11.7 Å². The number of nitrogens with one attached hydrogen (secondary N) is 1. The molecule has 1 atom stereocenters. The fourth-order valence-electron chi connectivity index (χ4n) is 2.95. The Balaban J connectivity index is 2.22. The van der Waals surface area contributed by atoms with Gasteiger partial charge in [-0.25, -0.2) is 0 Å². The molecule has 0 heterocycles. The van der Waals surface area contributed by atoms with Crippen LogP contribution >= 0.6 is 23.2 Å². The third kappa shape index (κ3) is 7.23. The highest BCUT2D eigenvalue weighted by molar-refractivity contribution is 6.42. The summed E-state index contributed by atoms with van der Waals surface area (Å²) in [6, 6.07) is 7.96. The van der Waals surface area contributed by atoms with Gasteiger partial charge in [-0.2, -0.15) is 0 Å². The van der Waals surface area contributed by atoms with Crippen LogP contribution in [-0.4, -0.2) is 47.4 Å². The van der Waals surface area contributed by atoms with Crippen LogP contribution in [0.4, 0.5) is 5.69 Å². The number of ether oxygens (including phenoxy) is 2. The lowest BCUT2D eigenvalue weighted by Gasteiger charge is -2.29. The van der Waals surface area contributed by atoms with Crippen LogP contribution in [0.5, 0.6) is 11.5 Å². The molecule has 2 aromatic carbocycles. The molecule has 0 fully saturated rings. The Kier molecular flexibility index (Phi) is 9.31. The van der Waals surface area contributed by atoms with Crippen LogP contribution in [0.1, 0.15) is 26.3 Å². The zero-order valence-electron chi connectivity index (χ0n) is 18.6. The third-order valence-corrected chi connectivity index (χ3v) is 5.38. The van der Waals surface area contributed by atoms with E-state index in [9.17, 15) is 19.7 Å². The molecular weight excluding hydrogens is 473 g/mol. The Hall–Kier alpha value is -3.04. The first kappa shape index (κ1) is 26.2. The van der Waals surface area contributed by atoms with Crippen LogP contribution in [-0.2, 0) is 16.1 Å². The maximum atomic E-state index is 13.1. The van der Waals surface area contributed by atoms with Crippen LogP contribution in [0.2, 0.25) is 10.0 Å². The largest absolute Gasteiger partial charge is 0.490 e. The molecule has 2 amide bonds. The molecule has 0 aliphatic carbocycles. The highest BCUT2D eigenvalue weighted by atomic mass is 35.5. The topological polar surface area (TPSA) is 111 Å². The Morgan fingerprint density at radius 2 is 1.82 bits per heavy atom. The third-order valence-electron chi connectivity index (χ3n) is 4.65. The number of amides is 2. The van der Waals surface area contributed by atoms with Crippen molar-refractivity contribution < 1.29 is 24.0 Å². The van der Waals surface area contributed by atoms with Crippen molar-refractivity contribution in [1.82, 2.24) is 10.2 Å². The molecule has 0 saturated heterocycles. The first-order valence-corrected chi connectivity index (χ1v) is 10.8. The standard InChI is InChI=1S/C22H25Cl2N3O6/c1-13(2)25-22(29)14(3)26(11-15-5-7-17(23)18(24)9-15)21(28)12-33-16-6-8-19(27(30)31)20(10-16)32-4/h5-10,13-14H,11-12H2,1-4H3,(H,25,29)/t14-/m1/s1. The molecule has 0 aliphatic rings. The number of hydrogen-bond acceptors (Lipinski definition) is 6. The molecule has 9 nitrogen and oxygen atoms in total. The van der Waals surface area contributed by atoms with Gasteiger partial charge in [-0.05, 0) is 44.5 Å². The van der Waals surface area contributed by atoms with Crippen molar-refractivity contribution in [3.63, 3.8) is 0 Å². The molecule has 0 radical (unpaired) electrons. The second-order valence-electron chi connectivity index (χ2n) is 7.49. The molecular formula is C22H25Cl2N3O6. The summed E-state index contributed by atoms with van der Waals surface area (Å²) in [5.74, 6) is -0.581. The zero-order chi connectivity index (χ0) is 24.7. The SMILES string of the molecule is COc1cc(OCC(=O)N(Cc2ccc(Cl)c(Cl)c2)[C@H](C)C(=O)NC(C)C)ccc1[N+](=O)[O-]. The summed E-state index contributed by atoms with van der Waals surface area (Å²) in [6.07, 6.45) is 0. The monoisotopic (exact) mass is 497 g/mol. The van der Waals surface area contributed by atoms with Gasteiger partial charge in [0.05, 0.1) is 22.1 Å². The molecule has 0 aliphatic heterocycles. The van der Waals surface area contributed by atoms with Crippen LogP contribution in [0, 0.1) is 10.1 Å². The van der Waals surface area contributed by atoms with Crippen molar-refractivity contribution in [3.8, 4) is 11.5 Å². The fourth-order valence-corrected chi connectivity index (χ4v) is 3.27. The predicted octanol–water partition coefficient (Wildman–Crippen LogP) is 4.23. The van der Waals surface area contributed by atoms with E-state index in [-0.39, 0.29) is 35.7 Å². The lowest BCUT2D eigenvalue weighted by molar-refractivity contribution is -0.385. The first-order chi connectivity index (χ1) is 15.5. The molecule has 0 saturated carbocycles. The van der Waals surface area contributed by atoms with Gasteiger partial charge in [-0.3, -0.25) is 19.7 Å². The molecule has 0 aromatic heterocycles. The Labute approximate surface area is 201 Å². The summed E-state index contributed by atoms with van der Waals surface area (Å²) in [5, 5.41) is 14.5. The minimum Gasteiger partial charge on any atom is -0.490 e. The predicted molar refractivity (Wildman–Crippen MR) is 125 cm³/mol. The molecule has 11 heteroatoms. The van der Waals surface area contributed by atoms with E-state index in [1.165, 1.54) is 30.2 Å². The number of hydrogen-bond donors (Lipinski definition) is 1. The molecule has 2 aromatic rings. The van der Waals surface area contributed by atoms with Crippen molar-refractivity contribution in [1.29, 1.82) is 0 Å². The van der Waals surface area contributed by atoms with E-state index in [2.05, 4.69) is 5.32 Å². The number of carbonyl (C=O) groups is 2. The summed E-state index contributed by atoms with van der Waals surface area (Å²) in [4.78, 5) is 37.5. The minimum atomic E-state index is -0.802. The summed E-state index contributed by atoms with van der Waals surface area (Å²) in [6.45, 7) is 4.95. The van der Waals surface area contributed by atoms with Gasteiger partial charge >= 0.3 is 5.69 Å². The van der Waals surface area contributed by atoms with Crippen LogP contribution in [0.3, 0.4) is 0 Å². The summed E-state index contributed by atoms with van der Waals surface area (Å²) in [5.41, 5.74) is 0.454. The number of rotatable bonds is 10. The van der Waals surface area contributed by atoms with Crippen LogP contribution in [0.25, 0.3) is 0 Å². The molecule has 178 valence electrons. The minimum absolute atomic E-state index is 0.00212. The number of methoxy groups -OCH3 is 1. The van der Waals surface area contributed by atoms with Crippen molar-refractivity contribution in [2.75, 3.05) is 13.7 Å². The Bertz CT molecular complexity index is 1030. The van der Waals surface area contributed by atoms with Crippen molar-refractivity contribution in [2.24, 2.45) is 0 Å². The normalized spacial score (nSPS) is 11.6. The van der Waals surface area contributed by atoms with Gasteiger partial charge in [0.25, 0.3) is 5.91 Å². The fraction of sp³-hybridized carbons (Fsp3) is 0.364. The lowest BCUT2D eigenvalue weighted by atomic mass is 10.1. The quantitative estimate of drug-likeness (QED) is 0.388. The molecule has 1 N–H and O–H groups in total. The second kappa shape index (κ2) is 11.7. The lowest BCUT2D eigenvalue weighted by Crippen LogP contribution is -2.50. The summed E-state index contributed by atoms with van der Waals surface area (Å²) in [7, 11) is 1.30. The molecule has 0 bridgehead atoms. The number of nitro groups is 1. The van der Waals surface area contributed by atoms with Gasteiger partial charge in [0, 0.05) is 24.7 Å². The van der Waals surface area contributed by atoms with E-state index in [0.717, 1.165) is 0 Å². The Morgan fingerprint density at radius 3 is 2.39 bits per heavy atom. The van der Waals surface area contributed by atoms with Gasteiger partial charge in [0.1, 0.15) is 11.8 Å². The number of halogens is 2. The van der Waals surface area contributed by atoms with E-state index in [1.54, 1.807) is 25.1 Å². The molecule has 0 unspecified atom stereocenters. The van der Waals surface area contributed by atoms with Crippen molar-refractivity contribution in [3.05, 3.63) is 62.1 Å². The number of carbonyl (C=O) groups excluding carboxylic acids is 2.